The van der Waals surface area contributed by atoms with E-state index in [0.29, 0.717) is 0 Å². The Kier molecular flexibility index (Phi) is 5.52. The Morgan fingerprint density at radius 3 is 1.98 bits per heavy atom. The van der Waals surface area contributed by atoms with Gasteiger partial charge in [0, 0.05) is 34.9 Å². The molecule has 0 aliphatic rings. The van der Waals surface area contributed by atoms with Gasteiger partial charge in [0.05, 0.1) is 10.9 Å². The fraction of sp³-hybridized carbons (Fsp3) is 0. The highest BCUT2D eigenvalue weighted by molar-refractivity contribution is 6.01. The van der Waals surface area contributed by atoms with E-state index < -0.39 is 45.2 Å². The van der Waals surface area contributed by atoms with E-state index in [2.05, 4.69) is 0 Å². The van der Waals surface area contributed by atoms with Crippen LogP contribution in [0, 0.1) is 0 Å². The summed E-state index contributed by atoms with van der Waals surface area (Å²) >= 11 is 0. The second-order valence-corrected chi connectivity index (χ2v) is 9.18. The van der Waals surface area contributed by atoms with E-state index in [-0.39, 0.29) is 61.6 Å². The molecule has 6 rings (SSSR count). The van der Waals surface area contributed by atoms with Gasteiger partial charge in [0.2, 0.25) is 0 Å². The van der Waals surface area contributed by atoms with Gasteiger partial charge in [-0.15, -0.1) is 0 Å². The Labute approximate surface area is 227 Å². The normalized spacial score (nSPS) is 11.3. The summed E-state index contributed by atoms with van der Waals surface area (Å²) in [6, 6.07) is 13.1. The Morgan fingerprint density at radius 1 is 0.512 bits per heavy atom. The van der Waals surface area contributed by atoms with E-state index in [4.69, 9.17) is 8.83 Å². The van der Waals surface area contributed by atoms with Gasteiger partial charge < -0.3 is 44.6 Å². The van der Waals surface area contributed by atoms with Crippen molar-refractivity contribution in [1.82, 2.24) is 0 Å². The average Bonchev–Trinajstić information content (AvgIpc) is 2.92. The molecule has 7 N–H and O–H groups in total. The Morgan fingerprint density at radius 2 is 1.22 bits per heavy atom. The van der Waals surface area contributed by atoms with E-state index in [1.54, 1.807) is 0 Å². The predicted octanol–water partition coefficient (Wildman–Crippen LogP) is 4.84. The number of fused-ring (bicyclic) bond motifs is 2. The van der Waals surface area contributed by atoms with Crippen LogP contribution in [0.2, 0.25) is 0 Å². The van der Waals surface area contributed by atoms with Gasteiger partial charge in [-0.2, -0.15) is 0 Å². The predicted molar refractivity (Wildman–Crippen MR) is 146 cm³/mol. The van der Waals surface area contributed by atoms with Gasteiger partial charge in [-0.25, -0.2) is 0 Å². The zero-order valence-electron chi connectivity index (χ0n) is 20.6. The van der Waals surface area contributed by atoms with Crippen molar-refractivity contribution in [3.05, 3.63) is 87.2 Å². The van der Waals surface area contributed by atoms with Gasteiger partial charge in [0.1, 0.15) is 45.3 Å². The molecule has 0 radical (unpaired) electrons. The summed E-state index contributed by atoms with van der Waals surface area (Å²) < 4.78 is 11.5. The molecule has 0 saturated carbocycles. The third-order valence-corrected chi connectivity index (χ3v) is 6.62. The zero-order chi connectivity index (χ0) is 29.2. The Balaban J connectivity index is 1.61. The minimum atomic E-state index is -0.802. The molecule has 0 aliphatic carbocycles. The van der Waals surface area contributed by atoms with Gasteiger partial charge in [0.15, 0.2) is 33.9 Å². The van der Waals surface area contributed by atoms with Gasteiger partial charge in [-0.1, -0.05) is 0 Å². The van der Waals surface area contributed by atoms with Gasteiger partial charge in [0.25, 0.3) is 0 Å². The lowest BCUT2D eigenvalue weighted by Crippen LogP contribution is -2.03. The van der Waals surface area contributed by atoms with Gasteiger partial charge in [-0.3, -0.25) is 9.59 Å². The topological polar surface area (TPSA) is 202 Å². The van der Waals surface area contributed by atoms with E-state index in [9.17, 15) is 45.3 Å². The molecule has 0 aliphatic heterocycles. The van der Waals surface area contributed by atoms with E-state index >= 15 is 0 Å². The fourth-order valence-electron chi connectivity index (χ4n) is 4.67. The third kappa shape index (κ3) is 4.00. The van der Waals surface area contributed by atoms with Crippen LogP contribution in [0.1, 0.15) is 0 Å². The standard InChI is InChI=1S/C30H18O11/c31-13-2-6-22-15(8-13)18(34)9-24(40-22)14-3-5-17(33)29(38)26(14)28-21(37)11-25-27(30(28)39)20(36)10-23(41-25)12-1-4-16(32)19(35)7-12/h1-11,31-33,35,37-39H. The van der Waals surface area contributed by atoms with Crippen LogP contribution in [0.4, 0.5) is 0 Å². The molecule has 2 heterocycles. The van der Waals surface area contributed by atoms with Crippen molar-refractivity contribution in [3.8, 4) is 74.0 Å². The molecule has 6 aromatic rings. The molecule has 2 aromatic heterocycles. The van der Waals surface area contributed by atoms with Crippen LogP contribution < -0.4 is 10.9 Å². The number of rotatable bonds is 3. The van der Waals surface area contributed by atoms with Crippen molar-refractivity contribution in [2.75, 3.05) is 0 Å². The van der Waals surface area contributed by atoms with Crippen LogP contribution >= 0.6 is 0 Å². The lowest BCUT2D eigenvalue weighted by atomic mass is 9.93. The molecule has 0 atom stereocenters. The minimum Gasteiger partial charge on any atom is -0.508 e. The van der Waals surface area contributed by atoms with Gasteiger partial charge >= 0.3 is 0 Å². The summed E-state index contributed by atoms with van der Waals surface area (Å²) in [6.45, 7) is 0. The number of phenols is 7. The monoisotopic (exact) mass is 554 g/mol. The highest BCUT2D eigenvalue weighted by Crippen LogP contribution is 2.51. The lowest BCUT2D eigenvalue weighted by Gasteiger charge is -2.16. The fourth-order valence-corrected chi connectivity index (χ4v) is 4.67. The molecule has 0 unspecified atom stereocenters. The number of benzene rings is 4. The summed E-state index contributed by atoms with van der Waals surface area (Å²) in [5.41, 5.74) is -2.09. The highest BCUT2D eigenvalue weighted by atomic mass is 16.3. The molecule has 204 valence electrons. The molecule has 41 heavy (non-hydrogen) atoms. The first-order chi connectivity index (χ1) is 19.5. The van der Waals surface area contributed by atoms with Crippen molar-refractivity contribution in [2.45, 2.75) is 0 Å². The second kappa shape index (κ2) is 8.99. The van der Waals surface area contributed by atoms with Crippen LogP contribution in [0.5, 0.6) is 40.2 Å². The van der Waals surface area contributed by atoms with Crippen LogP contribution in [-0.2, 0) is 0 Å². The molecule has 11 heteroatoms. The Bertz CT molecular complexity index is 2170. The first-order valence-electron chi connectivity index (χ1n) is 11.9. The second-order valence-electron chi connectivity index (χ2n) is 9.18. The lowest BCUT2D eigenvalue weighted by molar-refractivity contribution is 0.403. The molecule has 0 saturated heterocycles. The number of phenolic OH excluding ortho intramolecular Hbond substituents is 7. The minimum absolute atomic E-state index is 0.0297. The molecule has 11 nitrogen and oxygen atoms in total. The van der Waals surface area contributed by atoms with Crippen LogP contribution in [0.3, 0.4) is 0 Å². The van der Waals surface area contributed by atoms with Gasteiger partial charge in [-0.05, 0) is 48.5 Å². The number of hydrogen-bond acceptors (Lipinski definition) is 11. The zero-order valence-corrected chi connectivity index (χ0v) is 20.6. The van der Waals surface area contributed by atoms with Crippen LogP contribution in [0.25, 0.3) is 55.7 Å². The number of aromatic hydroxyl groups is 7. The summed E-state index contributed by atoms with van der Waals surface area (Å²) in [5.74, 6) is -4.07. The van der Waals surface area contributed by atoms with Crippen molar-refractivity contribution in [3.63, 3.8) is 0 Å². The van der Waals surface area contributed by atoms with Crippen molar-refractivity contribution in [2.24, 2.45) is 0 Å². The molecule has 0 fully saturated rings. The van der Waals surface area contributed by atoms with Crippen LogP contribution in [0.15, 0.2) is 85.2 Å². The largest absolute Gasteiger partial charge is 0.508 e. The molecule has 0 spiro atoms. The Hall–Kier alpha value is -6.10. The maximum Gasteiger partial charge on any atom is 0.197 e. The van der Waals surface area contributed by atoms with Crippen molar-refractivity contribution in [1.29, 1.82) is 0 Å². The SMILES string of the molecule is O=c1cc(-c2ccc(O)c(O)c2-c2c(O)cc3oc(-c4ccc(O)c(O)c4)cc(=O)c3c2O)oc2ccc(O)cc12. The van der Waals surface area contributed by atoms with Crippen LogP contribution in [-0.4, -0.2) is 35.7 Å². The van der Waals surface area contributed by atoms with Crippen molar-refractivity contribution < 1.29 is 44.6 Å². The average molecular weight is 554 g/mol. The smallest absolute Gasteiger partial charge is 0.197 e. The maximum absolute atomic E-state index is 13.2. The highest BCUT2D eigenvalue weighted by Gasteiger charge is 2.27. The van der Waals surface area contributed by atoms with E-state index in [1.165, 1.54) is 36.4 Å². The first kappa shape index (κ1) is 25.2. The summed E-state index contributed by atoms with van der Waals surface area (Å²) in [5, 5.41) is 72.2. The summed E-state index contributed by atoms with van der Waals surface area (Å²) in [6.07, 6.45) is 0. The molecule has 4 aromatic carbocycles. The summed E-state index contributed by atoms with van der Waals surface area (Å²) in [4.78, 5) is 26.0. The quantitative estimate of drug-likeness (QED) is 0.148. The van der Waals surface area contributed by atoms with Crippen molar-refractivity contribution >= 4 is 21.9 Å². The molecule has 0 bridgehead atoms. The van der Waals surface area contributed by atoms with E-state index in [0.717, 1.165) is 30.3 Å². The van der Waals surface area contributed by atoms with E-state index in [1.807, 2.05) is 0 Å². The number of hydrogen-bond donors (Lipinski definition) is 7. The maximum atomic E-state index is 13.2. The summed E-state index contributed by atoms with van der Waals surface area (Å²) in [7, 11) is 0. The third-order valence-electron chi connectivity index (χ3n) is 6.62. The molecule has 0 amide bonds. The molecular formula is C30H18O11. The molecular weight excluding hydrogens is 536 g/mol. The first-order valence-corrected chi connectivity index (χ1v) is 11.9.